The number of fused-ring (bicyclic) bond motifs is 1. The minimum Gasteiger partial charge on any atom is -0.390 e. The Morgan fingerprint density at radius 1 is 1.24 bits per heavy atom. The number of esters is 1. The second kappa shape index (κ2) is 10.7. The van der Waals surface area contributed by atoms with E-state index in [2.05, 4.69) is 41.8 Å². The highest BCUT2D eigenvalue weighted by Gasteiger charge is 2.37. The van der Waals surface area contributed by atoms with Crippen molar-refractivity contribution in [3.63, 3.8) is 0 Å². The molecule has 0 bridgehead atoms. The van der Waals surface area contributed by atoms with Crippen LogP contribution in [0.5, 0.6) is 6.01 Å². The number of carbonyl (C=O) groups excluding carboxylic acids is 1. The van der Waals surface area contributed by atoms with Gasteiger partial charge in [-0.15, -0.1) is 0 Å². The van der Waals surface area contributed by atoms with Crippen molar-refractivity contribution in [1.82, 2.24) is 14.9 Å². The van der Waals surface area contributed by atoms with Crippen molar-refractivity contribution in [3.8, 4) is 6.01 Å². The first-order valence-electron chi connectivity index (χ1n) is 13.4. The fourth-order valence-electron chi connectivity index (χ4n) is 6.31. The molecule has 2 aromatic rings. The number of hydrogen-bond acceptors (Lipinski definition) is 6. The van der Waals surface area contributed by atoms with Gasteiger partial charge >= 0.3 is 12.0 Å². The van der Waals surface area contributed by atoms with Gasteiger partial charge in [0.05, 0.1) is 17.9 Å². The molecule has 3 heterocycles. The SMILES string of the molecule is [C-]#[N+]C[C@@H]1CCCC(c2nc(OC(=O)[C@@H]3C[C@@H](F)CN3C)nc3c2CCN(c2cccc(C)c2C)C3)C1. The maximum absolute atomic E-state index is 13.9. The topological polar surface area (TPSA) is 62.9 Å². The Balaban J connectivity index is 1.47. The molecule has 2 fully saturated rings. The summed E-state index contributed by atoms with van der Waals surface area (Å²) in [5, 5.41) is 0. The first-order valence-corrected chi connectivity index (χ1v) is 13.4. The van der Waals surface area contributed by atoms with Crippen LogP contribution in [0.2, 0.25) is 0 Å². The number of alkyl halides is 1. The Kier molecular flexibility index (Phi) is 7.43. The molecular formula is C29H36FN5O2. The third-order valence-corrected chi connectivity index (χ3v) is 8.47. The monoisotopic (exact) mass is 505 g/mol. The van der Waals surface area contributed by atoms with E-state index < -0.39 is 18.2 Å². The third-order valence-electron chi connectivity index (χ3n) is 8.47. The van der Waals surface area contributed by atoms with Gasteiger partial charge in [0, 0.05) is 37.0 Å². The first kappa shape index (κ1) is 25.6. The van der Waals surface area contributed by atoms with E-state index in [1.807, 2.05) is 0 Å². The van der Waals surface area contributed by atoms with Crippen LogP contribution in [0.4, 0.5) is 10.1 Å². The van der Waals surface area contributed by atoms with Crippen LogP contribution in [-0.2, 0) is 17.8 Å². The van der Waals surface area contributed by atoms with Crippen LogP contribution in [0.1, 0.15) is 66.1 Å². The quantitative estimate of drug-likeness (QED) is 0.430. The highest BCUT2D eigenvalue weighted by atomic mass is 19.1. The molecule has 3 aliphatic rings. The van der Waals surface area contributed by atoms with Crippen molar-refractivity contribution in [2.45, 2.75) is 77.0 Å². The van der Waals surface area contributed by atoms with Crippen molar-refractivity contribution in [1.29, 1.82) is 0 Å². The van der Waals surface area contributed by atoms with Gasteiger partial charge in [-0.25, -0.2) is 15.8 Å². The third kappa shape index (κ3) is 5.33. The van der Waals surface area contributed by atoms with Crippen LogP contribution < -0.4 is 9.64 Å². The number of hydrogen-bond donors (Lipinski definition) is 0. The molecule has 5 rings (SSSR count). The zero-order valence-corrected chi connectivity index (χ0v) is 22.0. The molecule has 1 aromatic carbocycles. The number of aromatic nitrogens is 2. The van der Waals surface area contributed by atoms with Gasteiger partial charge in [-0.3, -0.25) is 4.90 Å². The number of anilines is 1. The lowest BCUT2D eigenvalue weighted by Gasteiger charge is -2.34. The molecule has 1 aliphatic carbocycles. The zero-order valence-electron chi connectivity index (χ0n) is 22.0. The maximum Gasteiger partial charge on any atom is 0.331 e. The summed E-state index contributed by atoms with van der Waals surface area (Å²) < 4.78 is 19.6. The molecule has 8 heteroatoms. The molecule has 1 saturated heterocycles. The summed E-state index contributed by atoms with van der Waals surface area (Å²) in [6.07, 6.45) is 4.01. The lowest BCUT2D eigenvalue weighted by Crippen LogP contribution is -2.37. The second-order valence-corrected chi connectivity index (χ2v) is 11.0. The number of ether oxygens (including phenoxy) is 1. The minimum atomic E-state index is -1.03. The fraction of sp³-hybridized carbons (Fsp3) is 0.586. The second-order valence-electron chi connectivity index (χ2n) is 11.0. The first-order chi connectivity index (χ1) is 17.8. The molecule has 196 valence electrons. The molecule has 0 amide bonds. The molecule has 2 aliphatic heterocycles. The Labute approximate surface area is 218 Å². The summed E-state index contributed by atoms with van der Waals surface area (Å²) in [6, 6.07) is 5.81. The lowest BCUT2D eigenvalue weighted by atomic mass is 9.78. The van der Waals surface area contributed by atoms with E-state index in [0.29, 0.717) is 19.0 Å². The number of benzene rings is 1. The average molecular weight is 506 g/mol. The summed E-state index contributed by atoms with van der Waals surface area (Å²) in [4.78, 5) is 30.2. The van der Waals surface area contributed by atoms with E-state index in [-0.39, 0.29) is 24.9 Å². The summed E-state index contributed by atoms with van der Waals surface area (Å²) in [5.41, 5.74) is 6.74. The van der Waals surface area contributed by atoms with Crippen LogP contribution in [0, 0.1) is 26.3 Å². The zero-order chi connectivity index (χ0) is 26.1. The lowest BCUT2D eigenvalue weighted by molar-refractivity contribution is -0.139. The largest absolute Gasteiger partial charge is 0.390 e. The standard InChI is InChI=1S/C29H36FN5O2/c1-18-7-5-10-25(19(18)2)35-12-11-23-24(17-35)32-29(37-28(36)26-14-22(30)16-34(26)4)33-27(23)21-9-6-8-20(13-21)15-31-3/h5,7,10,20-22,26H,6,8-9,11-17H2,1-2,4H3/t20-,21?,22-,26+/m1/s1. The Morgan fingerprint density at radius 3 is 2.84 bits per heavy atom. The van der Waals surface area contributed by atoms with E-state index in [0.717, 1.165) is 55.6 Å². The van der Waals surface area contributed by atoms with Gasteiger partial charge in [-0.05, 0) is 69.3 Å². The van der Waals surface area contributed by atoms with Crippen LogP contribution >= 0.6 is 0 Å². The highest BCUT2D eigenvalue weighted by molar-refractivity contribution is 5.78. The number of likely N-dealkylation sites (tertiary alicyclic amines) is 1. The number of carbonyl (C=O) groups is 1. The molecule has 0 radical (unpaired) electrons. The number of rotatable bonds is 5. The molecule has 37 heavy (non-hydrogen) atoms. The smallest absolute Gasteiger partial charge is 0.331 e. The molecule has 1 aromatic heterocycles. The summed E-state index contributed by atoms with van der Waals surface area (Å²) in [6.45, 7) is 13.9. The van der Waals surface area contributed by atoms with E-state index >= 15 is 0 Å². The highest BCUT2D eigenvalue weighted by Crippen LogP contribution is 2.40. The predicted octanol–water partition coefficient (Wildman–Crippen LogP) is 4.80. The van der Waals surface area contributed by atoms with Crippen molar-refractivity contribution in [2.24, 2.45) is 5.92 Å². The summed E-state index contributed by atoms with van der Waals surface area (Å²) in [7, 11) is 1.74. The molecule has 1 unspecified atom stereocenters. The summed E-state index contributed by atoms with van der Waals surface area (Å²) >= 11 is 0. The van der Waals surface area contributed by atoms with Crippen molar-refractivity contribution >= 4 is 11.7 Å². The van der Waals surface area contributed by atoms with Gasteiger partial charge in [0.1, 0.15) is 12.2 Å². The Bertz CT molecular complexity index is 1210. The molecule has 4 atom stereocenters. The van der Waals surface area contributed by atoms with Gasteiger partial charge < -0.3 is 14.5 Å². The van der Waals surface area contributed by atoms with Crippen LogP contribution in [0.15, 0.2) is 18.2 Å². The normalized spacial score (nSPS) is 26.0. The Morgan fingerprint density at radius 2 is 2.08 bits per heavy atom. The van der Waals surface area contributed by atoms with E-state index in [1.165, 1.54) is 16.8 Å². The van der Waals surface area contributed by atoms with Crippen LogP contribution in [0.3, 0.4) is 0 Å². The number of nitrogens with zero attached hydrogens (tertiary/aromatic N) is 5. The van der Waals surface area contributed by atoms with Gasteiger partial charge in [-0.1, -0.05) is 18.6 Å². The maximum atomic E-state index is 13.9. The van der Waals surface area contributed by atoms with Gasteiger partial charge in [0.15, 0.2) is 0 Å². The number of halogens is 1. The Hall–Kier alpha value is -3.05. The van der Waals surface area contributed by atoms with Crippen molar-refractivity contribution in [3.05, 3.63) is 57.7 Å². The van der Waals surface area contributed by atoms with E-state index in [1.54, 1.807) is 11.9 Å². The average Bonchev–Trinajstić information content (AvgIpc) is 3.23. The molecule has 1 saturated carbocycles. The van der Waals surface area contributed by atoms with Crippen LogP contribution in [0.25, 0.3) is 4.85 Å². The minimum absolute atomic E-state index is 0.0737. The number of aryl methyl sites for hydroxylation is 1. The van der Waals surface area contributed by atoms with Crippen molar-refractivity contribution in [2.75, 3.05) is 31.6 Å². The van der Waals surface area contributed by atoms with E-state index in [9.17, 15) is 9.18 Å². The van der Waals surface area contributed by atoms with Crippen LogP contribution in [-0.4, -0.2) is 59.7 Å². The fourth-order valence-corrected chi connectivity index (χ4v) is 6.31. The summed E-state index contributed by atoms with van der Waals surface area (Å²) in [5.74, 6) is 0.105. The predicted molar refractivity (Wildman–Crippen MR) is 140 cm³/mol. The van der Waals surface area contributed by atoms with Gasteiger partial charge in [0.25, 0.3) is 0 Å². The molecular weight excluding hydrogens is 469 g/mol. The molecule has 0 N–H and O–H groups in total. The van der Waals surface area contributed by atoms with E-state index in [4.69, 9.17) is 21.3 Å². The molecule has 0 spiro atoms. The van der Waals surface area contributed by atoms with Crippen molar-refractivity contribution < 1.29 is 13.9 Å². The molecule has 7 nitrogen and oxygen atoms in total. The van der Waals surface area contributed by atoms with Gasteiger partial charge in [0.2, 0.25) is 6.54 Å². The van der Waals surface area contributed by atoms with Gasteiger partial charge in [-0.2, -0.15) is 9.97 Å². The number of likely N-dealkylation sites (N-methyl/N-ethyl adjacent to an activating group) is 1.